The summed E-state index contributed by atoms with van der Waals surface area (Å²) in [5.41, 5.74) is 0. The summed E-state index contributed by atoms with van der Waals surface area (Å²) in [7, 11) is 0. The molecule has 0 radical (unpaired) electrons. The van der Waals surface area contributed by atoms with E-state index in [1.54, 1.807) is 13.8 Å². The van der Waals surface area contributed by atoms with E-state index >= 15 is 0 Å². The lowest BCUT2D eigenvalue weighted by atomic mass is 9.95. The van der Waals surface area contributed by atoms with Gasteiger partial charge in [0.15, 0.2) is 0 Å². The van der Waals surface area contributed by atoms with Crippen LogP contribution in [0, 0.1) is 11.8 Å². The fraction of sp³-hybridized carbons (Fsp3) is 0.923. The Bertz CT molecular complexity index is 300. The van der Waals surface area contributed by atoms with Gasteiger partial charge in [-0.1, -0.05) is 13.8 Å². The third-order valence-corrected chi connectivity index (χ3v) is 3.64. The quantitative estimate of drug-likeness (QED) is 0.717. The zero-order valence-electron chi connectivity index (χ0n) is 10.9. The Hall–Kier alpha value is -0.650. The lowest BCUT2D eigenvalue weighted by molar-refractivity contribution is -0.204. The molecule has 4 atom stereocenters. The first-order chi connectivity index (χ1) is 8.52. The Morgan fingerprint density at radius 2 is 2.11 bits per heavy atom. The number of carbonyl (C=O) groups excluding carboxylic acids is 1. The van der Waals surface area contributed by atoms with Gasteiger partial charge in [0.25, 0.3) is 0 Å². The Kier molecular flexibility index (Phi) is 4.25. The van der Waals surface area contributed by atoms with Crippen molar-refractivity contribution in [3.05, 3.63) is 0 Å². The molecule has 4 unspecified atom stereocenters. The summed E-state index contributed by atoms with van der Waals surface area (Å²) in [5, 5.41) is 19.2. The standard InChI is InChI=1S/C13H22O5/c1-7(2)13(16)18-10-5-9(8-3-4-8)17-11(6-14)12(10)15/h7-12,14-15H,3-6H2,1-2H3. The topological polar surface area (TPSA) is 76.0 Å². The average molecular weight is 258 g/mol. The third-order valence-electron chi connectivity index (χ3n) is 3.64. The molecule has 18 heavy (non-hydrogen) atoms. The van der Waals surface area contributed by atoms with E-state index in [0.717, 1.165) is 12.8 Å². The van der Waals surface area contributed by atoms with Gasteiger partial charge in [-0.2, -0.15) is 0 Å². The van der Waals surface area contributed by atoms with Crippen LogP contribution < -0.4 is 0 Å². The van der Waals surface area contributed by atoms with Crippen molar-refractivity contribution in [3.63, 3.8) is 0 Å². The second-order valence-corrected chi connectivity index (χ2v) is 5.59. The van der Waals surface area contributed by atoms with Crippen molar-refractivity contribution in [1.29, 1.82) is 0 Å². The van der Waals surface area contributed by atoms with Crippen molar-refractivity contribution in [3.8, 4) is 0 Å². The minimum Gasteiger partial charge on any atom is -0.459 e. The molecular weight excluding hydrogens is 236 g/mol. The third kappa shape index (κ3) is 3.02. The Balaban J connectivity index is 1.99. The van der Waals surface area contributed by atoms with Crippen LogP contribution in [0.2, 0.25) is 0 Å². The maximum Gasteiger partial charge on any atom is 0.308 e. The van der Waals surface area contributed by atoms with Crippen LogP contribution in [0.1, 0.15) is 33.1 Å². The van der Waals surface area contributed by atoms with E-state index in [9.17, 15) is 15.0 Å². The number of rotatable bonds is 4. The van der Waals surface area contributed by atoms with Crippen LogP contribution in [0.25, 0.3) is 0 Å². The van der Waals surface area contributed by atoms with Crippen molar-refractivity contribution < 1.29 is 24.5 Å². The van der Waals surface area contributed by atoms with E-state index in [1.807, 2.05) is 0 Å². The first-order valence-corrected chi connectivity index (χ1v) is 6.67. The zero-order chi connectivity index (χ0) is 13.3. The molecule has 0 amide bonds. The highest BCUT2D eigenvalue weighted by Crippen LogP contribution is 2.40. The number of aliphatic hydroxyl groups excluding tert-OH is 2. The molecule has 2 rings (SSSR count). The minimum atomic E-state index is -0.937. The molecule has 0 bridgehead atoms. The fourth-order valence-corrected chi connectivity index (χ4v) is 2.29. The monoisotopic (exact) mass is 258 g/mol. The number of carbonyl (C=O) groups is 1. The highest BCUT2D eigenvalue weighted by Gasteiger charge is 2.45. The van der Waals surface area contributed by atoms with E-state index in [2.05, 4.69) is 0 Å². The second kappa shape index (κ2) is 5.55. The molecule has 5 heteroatoms. The van der Waals surface area contributed by atoms with Crippen LogP contribution in [-0.4, -0.2) is 47.2 Å². The van der Waals surface area contributed by atoms with Crippen LogP contribution in [-0.2, 0) is 14.3 Å². The van der Waals surface area contributed by atoms with E-state index in [4.69, 9.17) is 9.47 Å². The number of hydrogen-bond donors (Lipinski definition) is 2. The van der Waals surface area contributed by atoms with Gasteiger partial charge in [0.05, 0.1) is 18.6 Å². The van der Waals surface area contributed by atoms with Gasteiger partial charge < -0.3 is 19.7 Å². The Labute approximate surface area is 107 Å². The predicted octanol–water partition coefficient (Wildman–Crippen LogP) is 0.475. The van der Waals surface area contributed by atoms with Crippen LogP contribution >= 0.6 is 0 Å². The van der Waals surface area contributed by atoms with Gasteiger partial charge in [-0.25, -0.2) is 0 Å². The van der Waals surface area contributed by atoms with Crippen LogP contribution in [0.15, 0.2) is 0 Å². The molecule has 1 saturated heterocycles. The van der Waals surface area contributed by atoms with E-state index in [-0.39, 0.29) is 24.6 Å². The molecule has 2 fully saturated rings. The molecule has 0 aromatic rings. The van der Waals surface area contributed by atoms with Crippen molar-refractivity contribution >= 4 is 5.97 Å². The number of hydrogen-bond acceptors (Lipinski definition) is 5. The van der Waals surface area contributed by atoms with E-state index in [1.165, 1.54) is 0 Å². The number of esters is 1. The summed E-state index contributed by atoms with van der Waals surface area (Å²) >= 11 is 0. The van der Waals surface area contributed by atoms with Gasteiger partial charge in [0.1, 0.15) is 18.3 Å². The van der Waals surface area contributed by atoms with Crippen LogP contribution in [0.3, 0.4) is 0 Å². The van der Waals surface area contributed by atoms with Crippen LogP contribution in [0.5, 0.6) is 0 Å². The lowest BCUT2D eigenvalue weighted by Gasteiger charge is -2.38. The molecule has 1 saturated carbocycles. The highest BCUT2D eigenvalue weighted by atomic mass is 16.6. The van der Waals surface area contributed by atoms with Gasteiger partial charge in [-0.05, 0) is 18.8 Å². The summed E-state index contributed by atoms with van der Waals surface area (Å²) in [4.78, 5) is 11.6. The normalized spacial score (nSPS) is 36.7. The summed E-state index contributed by atoms with van der Waals surface area (Å²) in [6, 6.07) is 0. The number of ether oxygens (including phenoxy) is 2. The molecule has 1 aliphatic carbocycles. The lowest BCUT2D eigenvalue weighted by Crippen LogP contribution is -2.52. The Morgan fingerprint density at radius 1 is 1.44 bits per heavy atom. The molecule has 1 aliphatic heterocycles. The summed E-state index contributed by atoms with van der Waals surface area (Å²) in [5.74, 6) is -0.0361. The van der Waals surface area contributed by atoms with Gasteiger partial charge in [0.2, 0.25) is 0 Å². The zero-order valence-corrected chi connectivity index (χ0v) is 10.9. The summed E-state index contributed by atoms with van der Waals surface area (Å²) < 4.78 is 11.0. The van der Waals surface area contributed by atoms with Gasteiger partial charge >= 0.3 is 5.97 Å². The van der Waals surface area contributed by atoms with Crippen molar-refractivity contribution in [2.24, 2.45) is 11.8 Å². The van der Waals surface area contributed by atoms with E-state index < -0.39 is 18.3 Å². The molecule has 0 spiro atoms. The van der Waals surface area contributed by atoms with Gasteiger partial charge in [0, 0.05) is 6.42 Å². The summed E-state index contributed by atoms with van der Waals surface area (Å²) in [6.07, 6.45) is 0.614. The number of aliphatic hydroxyl groups is 2. The van der Waals surface area contributed by atoms with Gasteiger partial charge in [-0.3, -0.25) is 4.79 Å². The maximum absolute atomic E-state index is 11.6. The largest absolute Gasteiger partial charge is 0.459 e. The minimum absolute atomic E-state index is 0.00416. The second-order valence-electron chi connectivity index (χ2n) is 5.59. The van der Waals surface area contributed by atoms with Crippen LogP contribution in [0.4, 0.5) is 0 Å². The molecule has 0 aromatic carbocycles. The fourth-order valence-electron chi connectivity index (χ4n) is 2.29. The van der Waals surface area contributed by atoms with Crippen molar-refractivity contribution in [2.45, 2.75) is 57.5 Å². The predicted molar refractivity (Wildman–Crippen MR) is 63.8 cm³/mol. The van der Waals surface area contributed by atoms with Gasteiger partial charge in [-0.15, -0.1) is 0 Å². The molecule has 104 valence electrons. The molecule has 2 N–H and O–H groups in total. The molecular formula is C13H22O5. The molecule has 0 aromatic heterocycles. The first-order valence-electron chi connectivity index (χ1n) is 6.67. The molecule has 2 aliphatic rings. The molecule has 5 nitrogen and oxygen atoms in total. The Morgan fingerprint density at radius 3 is 2.61 bits per heavy atom. The first kappa shape index (κ1) is 13.8. The summed E-state index contributed by atoms with van der Waals surface area (Å²) in [6.45, 7) is 3.27. The van der Waals surface area contributed by atoms with Crippen molar-refractivity contribution in [2.75, 3.05) is 6.61 Å². The SMILES string of the molecule is CC(C)C(=O)OC1CC(C2CC2)OC(CO)C1O. The average Bonchev–Trinajstić information content (AvgIpc) is 3.15. The smallest absolute Gasteiger partial charge is 0.308 e. The highest BCUT2D eigenvalue weighted by molar-refractivity contribution is 5.71. The maximum atomic E-state index is 11.6. The molecule has 1 heterocycles. The van der Waals surface area contributed by atoms with Crippen molar-refractivity contribution in [1.82, 2.24) is 0 Å². The van der Waals surface area contributed by atoms with E-state index in [0.29, 0.717) is 12.3 Å².